The van der Waals surface area contributed by atoms with E-state index in [2.05, 4.69) is 15.0 Å². The van der Waals surface area contributed by atoms with Crippen LogP contribution in [0, 0.1) is 5.92 Å². The largest absolute Gasteiger partial charge is 0.465 e. The molecule has 0 aromatic carbocycles. The number of carbonyl (C=O) groups excluding carboxylic acids is 1. The molecule has 0 amide bonds. The zero-order valence-corrected chi connectivity index (χ0v) is 11.6. The summed E-state index contributed by atoms with van der Waals surface area (Å²) in [6.45, 7) is 0.943. The van der Waals surface area contributed by atoms with E-state index in [0.29, 0.717) is 4.88 Å². The second-order valence-electron chi connectivity index (χ2n) is 4.74. The monoisotopic (exact) mass is 268 g/mol. The molecule has 0 aliphatic heterocycles. The van der Waals surface area contributed by atoms with Crippen molar-refractivity contribution >= 4 is 22.4 Å². The van der Waals surface area contributed by atoms with Crippen LogP contribution in [-0.4, -0.2) is 24.6 Å². The van der Waals surface area contributed by atoms with E-state index in [1.54, 1.807) is 6.20 Å². The van der Waals surface area contributed by atoms with Crippen molar-refractivity contribution in [2.75, 3.05) is 19.0 Å². The maximum atomic E-state index is 11.3. The number of rotatable bonds is 5. The fourth-order valence-corrected chi connectivity index (χ4v) is 3.17. The molecular formula is C13H20N2O2S. The first-order valence-corrected chi connectivity index (χ1v) is 7.39. The standard InChI is InChI=1S/C13H20N2O2S/c1-17-12(16)11-9-15-13(18-11)14-8-7-10-5-3-2-4-6-10/h9-10H,2-8H2,1H3,(H,14,15). The Bertz CT molecular complexity index is 386. The van der Waals surface area contributed by atoms with Crippen LogP contribution >= 0.6 is 11.3 Å². The maximum Gasteiger partial charge on any atom is 0.349 e. The topological polar surface area (TPSA) is 51.2 Å². The van der Waals surface area contributed by atoms with Crippen molar-refractivity contribution in [3.63, 3.8) is 0 Å². The molecule has 0 unspecified atom stereocenters. The molecule has 4 nitrogen and oxygen atoms in total. The highest BCUT2D eigenvalue weighted by Crippen LogP contribution is 2.26. The molecule has 5 heteroatoms. The summed E-state index contributed by atoms with van der Waals surface area (Å²) in [4.78, 5) is 16.0. The van der Waals surface area contributed by atoms with Crippen LogP contribution in [0.1, 0.15) is 48.2 Å². The van der Waals surface area contributed by atoms with Crippen LogP contribution in [0.15, 0.2) is 6.20 Å². The number of nitrogens with one attached hydrogen (secondary N) is 1. The number of methoxy groups -OCH3 is 1. The lowest BCUT2D eigenvalue weighted by Gasteiger charge is -2.21. The van der Waals surface area contributed by atoms with Gasteiger partial charge in [0, 0.05) is 6.54 Å². The number of esters is 1. The van der Waals surface area contributed by atoms with Crippen LogP contribution in [0.4, 0.5) is 5.13 Å². The SMILES string of the molecule is COC(=O)c1cnc(NCCC2CCCCC2)s1. The smallest absolute Gasteiger partial charge is 0.349 e. The van der Waals surface area contributed by atoms with E-state index in [1.165, 1.54) is 57.0 Å². The number of ether oxygens (including phenoxy) is 1. The van der Waals surface area contributed by atoms with Gasteiger partial charge in [-0.3, -0.25) is 0 Å². The van der Waals surface area contributed by atoms with Crippen LogP contribution in [0.25, 0.3) is 0 Å². The van der Waals surface area contributed by atoms with Gasteiger partial charge in [0.1, 0.15) is 4.88 Å². The summed E-state index contributed by atoms with van der Waals surface area (Å²) in [6, 6.07) is 0. The number of aromatic nitrogens is 1. The number of hydrogen-bond donors (Lipinski definition) is 1. The zero-order valence-electron chi connectivity index (χ0n) is 10.8. The van der Waals surface area contributed by atoms with Crippen molar-refractivity contribution in [3.05, 3.63) is 11.1 Å². The summed E-state index contributed by atoms with van der Waals surface area (Å²) in [7, 11) is 1.39. The van der Waals surface area contributed by atoms with E-state index in [4.69, 9.17) is 0 Å². The van der Waals surface area contributed by atoms with Crippen molar-refractivity contribution in [3.8, 4) is 0 Å². The van der Waals surface area contributed by atoms with Gasteiger partial charge in [0.2, 0.25) is 0 Å². The summed E-state index contributed by atoms with van der Waals surface area (Å²) in [5.74, 6) is 0.555. The molecule has 1 saturated carbocycles. The molecule has 2 rings (SSSR count). The van der Waals surface area contributed by atoms with Gasteiger partial charge in [-0.2, -0.15) is 0 Å². The molecule has 0 bridgehead atoms. The van der Waals surface area contributed by atoms with Crippen molar-refractivity contribution in [2.45, 2.75) is 38.5 Å². The summed E-state index contributed by atoms with van der Waals surface area (Å²) in [6.07, 6.45) is 9.67. The van der Waals surface area contributed by atoms with Gasteiger partial charge in [0.05, 0.1) is 13.3 Å². The number of hydrogen-bond acceptors (Lipinski definition) is 5. The Balaban J connectivity index is 1.72. The Morgan fingerprint density at radius 1 is 1.50 bits per heavy atom. The molecule has 1 fully saturated rings. The Morgan fingerprint density at radius 2 is 2.28 bits per heavy atom. The van der Waals surface area contributed by atoms with Crippen molar-refractivity contribution in [2.24, 2.45) is 5.92 Å². The minimum Gasteiger partial charge on any atom is -0.465 e. The van der Waals surface area contributed by atoms with Crippen molar-refractivity contribution in [1.29, 1.82) is 0 Å². The first-order valence-electron chi connectivity index (χ1n) is 6.57. The third kappa shape index (κ3) is 3.70. The molecule has 0 atom stereocenters. The lowest BCUT2D eigenvalue weighted by Crippen LogP contribution is -2.11. The Hall–Kier alpha value is -1.10. The summed E-state index contributed by atoms with van der Waals surface area (Å²) in [5.41, 5.74) is 0. The number of anilines is 1. The summed E-state index contributed by atoms with van der Waals surface area (Å²) >= 11 is 1.36. The summed E-state index contributed by atoms with van der Waals surface area (Å²) in [5, 5.41) is 4.10. The predicted molar refractivity (Wildman–Crippen MR) is 73.1 cm³/mol. The minimum atomic E-state index is -0.312. The first kappa shape index (κ1) is 13.3. The van der Waals surface area contributed by atoms with Gasteiger partial charge in [-0.25, -0.2) is 9.78 Å². The molecule has 18 heavy (non-hydrogen) atoms. The zero-order chi connectivity index (χ0) is 12.8. The van der Waals surface area contributed by atoms with E-state index in [0.717, 1.165) is 17.6 Å². The highest BCUT2D eigenvalue weighted by atomic mass is 32.1. The molecule has 1 aromatic rings. The Morgan fingerprint density at radius 3 is 3.00 bits per heavy atom. The van der Waals surface area contributed by atoms with Gasteiger partial charge >= 0.3 is 5.97 Å². The second kappa shape index (κ2) is 6.73. The molecule has 1 aromatic heterocycles. The molecule has 0 radical (unpaired) electrons. The molecule has 1 N–H and O–H groups in total. The molecule has 100 valence electrons. The Kier molecular flexibility index (Phi) is 4.99. The van der Waals surface area contributed by atoms with Gasteiger partial charge in [0.25, 0.3) is 0 Å². The lowest BCUT2D eigenvalue weighted by molar-refractivity contribution is 0.0606. The minimum absolute atomic E-state index is 0.312. The highest BCUT2D eigenvalue weighted by Gasteiger charge is 2.14. The molecule has 0 spiro atoms. The van der Waals surface area contributed by atoms with Gasteiger partial charge in [-0.05, 0) is 12.3 Å². The molecule has 1 aliphatic carbocycles. The predicted octanol–water partition coefficient (Wildman–Crippen LogP) is 3.31. The average molecular weight is 268 g/mol. The Labute approximate surface area is 112 Å². The quantitative estimate of drug-likeness (QED) is 0.832. The van der Waals surface area contributed by atoms with Crippen LogP contribution in [-0.2, 0) is 4.74 Å². The maximum absolute atomic E-state index is 11.3. The number of thiazole rings is 1. The van der Waals surface area contributed by atoms with Crippen molar-refractivity contribution in [1.82, 2.24) is 4.98 Å². The van der Waals surface area contributed by atoms with E-state index in [-0.39, 0.29) is 5.97 Å². The van der Waals surface area contributed by atoms with Gasteiger partial charge in [-0.1, -0.05) is 43.4 Å². The summed E-state index contributed by atoms with van der Waals surface area (Å²) < 4.78 is 4.65. The first-order chi connectivity index (χ1) is 8.79. The van der Waals surface area contributed by atoms with E-state index in [1.807, 2.05) is 0 Å². The van der Waals surface area contributed by atoms with Gasteiger partial charge in [0.15, 0.2) is 5.13 Å². The fourth-order valence-electron chi connectivity index (χ4n) is 2.41. The second-order valence-corrected chi connectivity index (χ2v) is 5.77. The third-order valence-electron chi connectivity index (χ3n) is 3.45. The van der Waals surface area contributed by atoms with Crippen LogP contribution in [0.5, 0.6) is 0 Å². The highest BCUT2D eigenvalue weighted by molar-refractivity contribution is 7.17. The van der Waals surface area contributed by atoms with Crippen LogP contribution < -0.4 is 5.32 Å². The van der Waals surface area contributed by atoms with E-state index >= 15 is 0 Å². The molecule has 0 saturated heterocycles. The van der Waals surface area contributed by atoms with E-state index in [9.17, 15) is 4.79 Å². The van der Waals surface area contributed by atoms with Crippen LogP contribution in [0.3, 0.4) is 0 Å². The molecular weight excluding hydrogens is 248 g/mol. The number of carbonyl (C=O) groups is 1. The lowest BCUT2D eigenvalue weighted by atomic mass is 9.87. The fraction of sp³-hybridized carbons (Fsp3) is 0.692. The number of nitrogens with zero attached hydrogens (tertiary/aromatic N) is 1. The molecule has 1 aliphatic rings. The van der Waals surface area contributed by atoms with Crippen LogP contribution in [0.2, 0.25) is 0 Å². The van der Waals surface area contributed by atoms with Gasteiger partial charge in [-0.15, -0.1) is 0 Å². The average Bonchev–Trinajstić information content (AvgIpc) is 2.88. The van der Waals surface area contributed by atoms with Crippen molar-refractivity contribution < 1.29 is 9.53 Å². The third-order valence-corrected chi connectivity index (χ3v) is 4.38. The normalized spacial score (nSPS) is 16.5. The van der Waals surface area contributed by atoms with E-state index < -0.39 is 0 Å². The molecule has 1 heterocycles. The van der Waals surface area contributed by atoms with Gasteiger partial charge < -0.3 is 10.1 Å².